The summed E-state index contributed by atoms with van der Waals surface area (Å²) in [6, 6.07) is 19.6. The largest absolute Gasteiger partial charge is 0.491 e. The van der Waals surface area contributed by atoms with Crippen LogP contribution in [0.25, 0.3) is 21.7 Å². The molecule has 0 bridgehead atoms. The van der Waals surface area contributed by atoms with Crippen molar-refractivity contribution in [3.63, 3.8) is 0 Å². The summed E-state index contributed by atoms with van der Waals surface area (Å²) in [5.41, 5.74) is 1.14. The summed E-state index contributed by atoms with van der Waals surface area (Å²) in [6.07, 6.45) is -0.0284. The van der Waals surface area contributed by atoms with E-state index in [0.29, 0.717) is 33.9 Å². The van der Waals surface area contributed by atoms with Crippen LogP contribution in [-0.2, 0) is 0 Å². The van der Waals surface area contributed by atoms with Crippen LogP contribution in [0.15, 0.2) is 80.5 Å². The van der Waals surface area contributed by atoms with Crippen LogP contribution in [0.4, 0.5) is 5.82 Å². The number of carbonyl (C=O) groups excluding carboxylic acids is 1. The Kier molecular flexibility index (Phi) is 4.74. The van der Waals surface area contributed by atoms with Crippen LogP contribution < -0.4 is 15.1 Å². The van der Waals surface area contributed by atoms with Crippen LogP contribution in [0.3, 0.4) is 0 Å². The lowest BCUT2D eigenvalue weighted by Crippen LogP contribution is -2.29. The van der Waals surface area contributed by atoms with Gasteiger partial charge in [0.15, 0.2) is 11.2 Å². The van der Waals surface area contributed by atoms with Gasteiger partial charge >= 0.3 is 0 Å². The molecule has 0 saturated heterocycles. The molecule has 174 valence electrons. The maximum absolute atomic E-state index is 13.9. The normalized spacial score (nSPS) is 15.4. The van der Waals surface area contributed by atoms with Gasteiger partial charge in [0, 0.05) is 11.5 Å². The number of amides is 1. The van der Waals surface area contributed by atoms with Gasteiger partial charge in [-0.3, -0.25) is 14.5 Å². The first-order valence-electron chi connectivity index (χ1n) is 11.4. The van der Waals surface area contributed by atoms with Crippen molar-refractivity contribution in [3.05, 3.63) is 99.6 Å². The fourth-order valence-corrected chi connectivity index (χ4v) is 4.75. The molecule has 35 heavy (non-hydrogen) atoms. The van der Waals surface area contributed by atoms with E-state index in [0.717, 1.165) is 10.8 Å². The highest BCUT2D eigenvalue weighted by Gasteiger charge is 2.45. The second-order valence-corrected chi connectivity index (χ2v) is 8.95. The first kappa shape index (κ1) is 21.2. The molecule has 3 heterocycles. The van der Waals surface area contributed by atoms with E-state index in [4.69, 9.17) is 13.7 Å². The van der Waals surface area contributed by atoms with Gasteiger partial charge in [0.2, 0.25) is 5.76 Å². The lowest BCUT2D eigenvalue weighted by atomic mass is 9.97. The van der Waals surface area contributed by atoms with Crippen molar-refractivity contribution in [1.82, 2.24) is 5.16 Å². The quantitative estimate of drug-likeness (QED) is 0.312. The number of ether oxygens (including phenoxy) is 1. The number of hydrogen-bond donors (Lipinski definition) is 0. The van der Waals surface area contributed by atoms with E-state index in [1.807, 2.05) is 68.4 Å². The van der Waals surface area contributed by atoms with Gasteiger partial charge in [-0.25, -0.2) is 0 Å². The number of fused-ring (bicyclic) bond motifs is 4. The molecule has 2 aromatic heterocycles. The summed E-state index contributed by atoms with van der Waals surface area (Å²) in [4.78, 5) is 29.1. The maximum Gasteiger partial charge on any atom is 0.296 e. The Morgan fingerprint density at radius 2 is 1.80 bits per heavy atom. The van der Waals surface area contributed by atoms with Crippen molar-refractivity contribution in [2.75, 3.05) is 4.90 Å². The Bertz CT molecular complexity index is 1680. The minimum atomic E-state index is -0.746. The molecule has 5 aromatic rings. The average Bonchev–Trinajstić information content (AvgIpc) is 3.39. The van der Waals surface area contributed by atoms with Crippen LogP contribution in [0, 0.1) is 6.92 Å². The van der Waals surface area contributed by atoms with Gasteiger partial charge in [-0.2, -0.15) is 0 Å². The number of carbonyl (C=O) groups is 1. The van der Waals surface area contributed by atoms with E-state index in [-0.39, 0.29) is 22.9 Å². The first-order valence-corrected chi connectivity index (χ1v) is 11.4. The lowest BCUT2D eigenvalue weighted by molar-refractivity contribution is 0.0969. The predicted octanol–water partition coefficient (Wildman–Crippen LogP) is 5.78. The highest BCUT2D eigenvalue weighted by molar-refractivity contribution is 6.12. The summed E-state index contributed by atoms with van der Waals surface area (Å²) >= 11 is 0. The fraction of sp³-hybridized carbons (Fsp3) is 0.179. The molecule has 1 aliphatic heterocycles. The van der Waals surface area contributed by atoms with Crippen LogP contribution in [0.2, 0.25) is 0 Å². The predicted molar refractivity (Wildman–Crippen MR) is 132 cm³/mol. The van der Waals surface area contributed by atoms with Gasteiger partial charge in [0.1, 0.15) is 17.1 Å². The number of nitrogens with zero attached hydrogens (tertiary/aromatic N) is 2. The van der Waals surface area contributed by atoms with Crippen LogP contribution in [0.5, 0.6) is 5.75 Å². The first-order chi connectivity index (χ1) is 16.9. The van der Waals surface area contributed by atoms with Gasteiger partial charge in [0.05, 0.1) is 23.1 Å². The number of anilines is 1. The zero-order valence-electron chi connectivity index (χ0n) is 19.4. The van der Waals surface area contributed by atoms with Crippen molar-refractivity contribution in [2.45, 2.75) is 32.9 Å². The molecule has 0 radical (unpaired) electrons. The van der Waals surface area contributed by atoms with Gasteiger partial charge in [-0.15, -0.1) is 0 Å². The minimum Gasteiger partial charge on any atom is -0.491 e. The molecular weight excluding hydrogens is 444 g/mol. The zero-order chi connectivity index (χ0) is 24.3. The fourth-order valence-electron chi connectivity index (χ4n) is 4.75. The molecule has 0 aliphatic carbocycles. The molecule has 3 aromatic carbocycles. The molecule has 6 rings (SSSR count). The number of aromatic nitrogens is 1. The molecule has 1 atom stereocenters. The molecule has 0 N–H and O–H groups in total. The molecule has 0 spiro atoms. The van der Waals surface area contributed by atoms with Crippen molar-refractivity contribution >= 4 is 33.5 Å². The van der Waals surface area contributed by atoms with E-state index < -0.39 is 11.9 Å². The van der Waals surface area contributed by atoms with Crippen molar-refractivity contribution in [1.29, 1.82) is 0 Å². The highest BCUT2D eigenvalue weighted by Crippen LogP contribution is 2.42. The Morgan fingerprint density at radius 3 is 2.57 bits per heavy atom. The third kappa shape index (κ3) is 3.31. The summed E-state index contributed by atoms with van der Waals surface area (Å²) in [5.74, 6) is 1.08. The molecule has 1 unspecified atom stereocenters. The van der Waals surface area contributed by atoms with Gasteiger partial charge in [-0.05, 0) is 49.9 Å². The summed E-state index contributed by atoms with van der Waals surface area (Å²) < 4.78 is 17.4. The number of hydrogen-bond acceptors (Lipinski definition) is 6. The minimum absolute atomic E-state index is 0.0136. The molecule has 1 amide bonds. The molecule has 1 aliphatic rings. The molecular formula is C28H22N2O5. The van der Waals surface area contributed by atoms with Gasteiger partial charge in [0.25, 0.3) is 5.91 Å². The summed E-state index contributed by atoms with van der Waals surface area (Å²) in [5, 5.41) is 6.21. The van der Waals surface area contributed by atoms with E-state index in [1.54, 1.807) is 19.1 Å². The summed E-state index contributed by atoms with van der Waals surface area (Å²) in [6.45, 7) is 5.63. The monoisotopic (exact) mass is 466 g/mol. The smallest absolute Gasteiger partial charge is 0.296 e. The highest BCUT2D eigenvalue weighted by atomic mass is 16.5. The molecule has 7 heteroatoms. The second-order valence-electron chi connectivity index (χ2n) is 8.95. The van der Waals surface area contributed by atoms with Gasteiger partial charge < -0.3 is 13.7 Å². The Morgan fingerprint density at radius 1 is 0.971 bits per heavy atom. The second kappa shape index (κ2) is 7.84. The van der Waals surface area contributed by atoms with E-state index in [9.17, 15) is 9.59 Å². The van der Waals surface area contributed by atoms with E-state index >= 15 is 0 Å². The van der Waals surface area contributed by atoms with E-state index in [1.165, 1.54) is 4.90 Å². The van der Waals surface area contributed by atoms with Gasteiger partial charge in [-0.1, -0.05) is 47.6 Å². The third-order valence-corrected chi connectivity index (χ3v) is 6.17. The van der Waals surface area contributed by atoms with Crippen LogP contribution in [0.1, 0.15) is 47.3 Å². The SMILES string of the molecule is Cc1cc(N2C(=O)c3oc4c(ccc5ccccc54)c(=O)c3C2c2cccc(OC(C)C)c2)no1. The Labute approximate surface area is 200 Å². The topological polar surface area (TPSA) is 85.8 Å². The molecule has 0 fully saturated rings. The lowest BCUT2D eigenvalue weighted by Gasteiger charge is -2.23. The standard InChI is InChI=1S/C28H22N2O5/c1-15(2)33-19-9-6-8-18(14-19)24-23-25(31)21-12-11-17-7-4-5-10-20(17)26(21)34-27(23)28(32)30(24)22-13-16(3)35-29-22/h4-15,24H,1-3H3. The van der Waals surface area contributed by atoms with Crippen molar-refractivity contribution in [3.8, 4) is 5.75 Å². The Hall–Kier alpha value is -4.39. The van der Waals surface area contributed by atoms with E-state index in [2.05, 4.69) is 5.16 Å². The van der Waals surface area contributed by atoms with Crippen molar-refractivity contribution < 1.29 is 18.5 Å². The number of aryl methyl sites for hydroxylation is 1. The molecule has 0 saturated carbocycles. The molecule has 7 nitrogen and oxygen atoms in total. The third-order valence-electron chi connectivity index (χ3n) is 6.17. The number of benzene rings is 3. The van der Waals surface area contributed by atoms with Crippen LogP contribution in [-0.4, -0.2) is 17.2 Å². The zero-order valence-corrected chi connectivity index (χ0v) is 19.4. The summed E-state index contributed by atoms with van der Waals surface area (Å²) in [7, 11) is 0. The number of rotatable bonds is 4. The van der Waals surface area contributed by atoms with Crippen LogP contribution >= 0.6 is 0 Å². The Balaban J connectivity index is 1.64. The average molecular weight is 466 g/mol. The maximum atomic E-state index is 13.9. The van der Waals surface area contributed by atoms with Crippen molar-refractivity contribution in [2.24, 2.45) is 0 Å².